The van der Waals surface area contributed by atoms with Crippen LogP contribution in [-0.4, -0.2) is 92.8 Å². The summed E-state index contributed by atoms with van der Waals surface area (Å²) in [7, 11) is 0. The van der Waals surface area contributed by atoms with Crippen molar-refractivity contribution >= 4 is 23.9 Å². The Kier molecular flexibility index (Phi) is 12.2. The summed E-state index contributed by atoms with van der Waals surface area (Å²) in [4.78, 5) is 48.1. The van der Waals surface area contributed by atoms with Crippen molar-refractivity contribution in [2.45, 2.75) is 111 Å². The molecular weight excluding hydrogens is 636 g/mol. The van der Waals surface area contributed by atoms with Gasteiger partial charge in [0.25, 0.3) is 0 Å². The summed E-state index contributed by atoms with van der Waals surface area (Å²) in [6.07, 6.45) is -6.84. The molecule has 15 nitrogen and oxygen atoms in total. The van der Waals surface area contributed by atoms with Gasteiger partial charge in [-0.25, -0.2) is 0 Å². The molecule has 15 heteroatoms. The average Bonchev–Trinajstić information content (AvgIpc) is 3.34. The number of carbonyl (C=O) groups excluding carboxylic acids is 4. The molecule has 3 heterocycles. The molecule has 3 aliphatic heterocycles. The number of para-hydroxylation sites is 1. The van der Waals surface area contributed by atoms with Crippen molar-refractivity contribution in [3.8, 4) is 17.2 Å². The Balaban J connectivity index is 1.65. The van der Waals surface area contributed by atoms with Crippen molar-refractivity contribution in [2.75, 3.05) is 19.8 Å². The fraction of sp³-hybridized carbons (Fsp3) is 0.697. The number of ether oxygens (including phenoxy) is 11. The smallest absolute Gasteiger partial charge is 0.369 e. The van der Waals surface area contributed by atoms with Gasteiger partial charge in [0.1, 0.15) is 19.3 Å². The van der Waals surface area contributed by atoms with Gasteiger partial charge in [0.15, 0.2) is 30.0 Å². The van der Waals surface area contributed by atoms with Crippen molar-refractivity contribution in [1.29, 1.82) is 0 Å². The Morgan fingerprint density at radius 1 is 0.729 bits per heavy atom. The molecule has 0 spiro atoms. The normalized spacial score (nSPS) is 34.1. The molecule has 0 saturated carbocycles. The molecular formula is C33H46O15. The predicted molar refractivity (Wildman–Crippen MR) is 162 cm³/mol. The molecule has 268 valence electrons. The first kappa shape index (κ1) is 37.2. The summed E-state index contributed by atoms with van der Waals surface area (Å²) < 4.78 is 64.9. The Bertz CT molecular complexity index is 1310. The van der Waals surface area contributed by atoms with Crippen LogP contribution >= 0.6 is 0 Å². The second kappa shape index (κ2) is 15.7. The fourth-order valence-corrected chi connectivity index (χ4v) is 5.99. The summed E-state index contributed by atoms with van der Waals surface area (Å²) in [6, 6.07) is 5.01. The van der Waals surface area contributed by atoms with Crippen molar-refractivity contribution in [3.63, 3.8) is 0 Å². The highest BCUT2D eigenvalue weighted by atomic mass is 16.9. The fourth-order valence-electron chi connectivity index (χ4n) is 5.99. The lowest BCUT2D eigenvalue weighted by Gasteiger charge is -2.48. The van der Waals surface area contributed by atoms with E-state index in [9.17, 15) is 19.2 Å². The molecule has 0 aliphatic carbocycles. The summed E-state index contributed by atoms with van der Waals surface area (Å²) in [5.41, 5.74) is 0. The predicted octanol–water partition coefficient (Wildman–Crippen LogP) is 3.28. The molecule has 1 aromatic carbocycles. The third-order valence-corrected chi connectivity index (χ3v) is 8.46. The van der Waals surface area contributed by atoms with Gasteiger partial charge < -0.3 is 52.1 Å². The molecule has 48 heavy (non-hydrogen) atoms. The van der Waals surface area contributed by atoms with Gasteiger partial charge in [-0.05, 0) is 25.0 Å². The molecule has 0 amide bonds. The minimum absolute atomic E-state index is 0.0530. The third-order valence-electron chi connectivity index (χ3n) is 8.46. The zero-order valence-electron chi connectivity index (χ0n) is 28.8. The molecule has 4 rings (SSSR count). The van der Waals surface area contributed by atoms with Gasteiger partial charge >= 0.3 is 29.9 Å². The summed E-state index contributed by atoms with van der Waals surface area (Å²) in [5.74, 6) is -3.90. The standard InChI is InChI=1S/C33H46O15/c1-10-40-33(9)47-24-13-11-12-23(30(24)48-33)43-31-29(42-22(8)37)18(4)27(26(45-31)15-39-20(6)35)46-32-28(41-21(7)36)17(3)16(2)25(44-32)14-38-19(5)34/h11-13,16-18,25-29,31-32H,10,14-15H2,1-9H3/t16-,17+,18+,25-,26-,27+,28-,29-,31-,32+,33?/m1/s1. The average molecular weight is 683 g/mol. The summed E-state index contributed by atoms with van der Waals surface area (Å²) in [6.45, 7) is 14.0. The van der Waals surface area contributed by atoms with E-state index < -0.39 is 78.9 Å². The second-order valence-electron chi connectivity index (χ2n) is 12.2. The van der Waals surface area contributed by atoms with Crippen LogP contribution in [0.3, 0.4) is 0 Å². The van der Waals surface area contributed by atoms with Crippen molar-refractivity contribution < 1.29 is 71.3 Å². The van der Waals surface area contributed by atoms with E-state index in [0.29, 0.717) is 12.4 Å². The Morgan fingerprint density at radius 3 is 1.90 bits per heavy atom. The minimum atomic E-state index is -1.39. The lowest BCUT2D eigenvalue weighted by molar-refractivity contribution is -0.336. The zero-order valence-corrected chi connectivity index (χ0v) is 28.8. The van der Waals surface area contributed by atoms with Crippen molar-refractivity contribution in [3.05, 3.63) is 18.2 Å². The van der Waals surface area contributed by atoms with Crippen LogP contribution in [0.25, 0.3) is 0 Å². The third kappa shape index (κ3) is 8.87. The maximum absolute atomic E-state index is 12.4. The largest absolute Gasteiger partial charge is 0.463 e. The van der Waals surface area contributed by atoms with Crippen LogP contribution in [0.4, 0.5) is 0 Å². The highest BCUT2D eigenvalue weighted by Gasteiger charge is 2.53. The highest BCUT2D eigenvalue weighted by Crippen LogP contribution is 2.47. The molecule has 3 aliphatic rings. The number of fused-ring (bicyclic) bond motifs is 1. The van der Waals surface area contributed by atoms with Gasteiger partial charge in [-0.2, -0.15) is 0 Å². The van der Waals surface area contributed by atoms with E-state index >= 15 is 0 Å². The lowest BCUT2D eigenvalue weighted by Crippen LogP contribution is -2.61. The molecule has 0 bridgehead atoms. The van der Waals surface area contributed by atoms with Gasteiger partial charge in [-0.1, -0.05) is 26.8 Å². The first-order valence-corrected chi connectivity index (χ1v) is 16.0. The second-order valence-corrected chi connectivity index (χ2v) is 12.2. The molecule has 1 unspecified atom stereocenters. The van der Waals surface area contributed by atoms with Crippen LogP contribution in [0.15, 0.2) is 18.2 Å². The van der Waals surface area contributed by atoms with Crippen LogP contribution in [0.2, 0.25) is 0 Å². The van der Waals surface area contributed by atoms with Crippen molar-refractivity contribution in [2.24, 2.45) is 17.8 Å². The number of carbonyl (C=O) groups is 4. The van der Waals surface area contributed by atoms with Gasteiger partial charge in [0, 0.05) is 46.5 Å². The SMILES string of the molecule is CCOC1(C)Oc2cccc(O[C@@H]3O[C@H](COC(C)=O)[C@@H](O[C@@H]4O[C@H](COC(C)=O)[C@H](C)[C@H](C)[C@H]4OC(C)=O)[C@H](C)[C@H]3OC(C)=O)c2O1. The molecule has 1 aromatic rings. The first-order chi connectivity index (χ1) is 22.6. The monoisotopic (exact) mass is 682 g/mol. The highest BCUT2D eigenvalue weighted by molar-refractivity contribution is 5.67. The molecule has 0 radical (unpaired) electrons. The number of hydrogen-bond donors (Lipinski definition) is 0. The van der Waals surface area contributed by atoms with E-state index in [1.165, 1.54) is 27.7 Å². The zero-order chi connectivity index (χ0) is 35.3. The Morgan fingerprint density at radius 2 is 1.31 bits per heavy atom. The van der Waals surface area contributed by atoms with Crippen LogP contribution in [0, 0.1) is 17.8 Å². The molecule has 0 N–H and O–H groups in total. The van der Waals surface area contributed by atoms with Crippen LogP contribution < -0.4 is 14.2 Å². The number of benzene rings is 1. The van der Waals surface area contributed by atoms with Crippen LogP contribution in [0.1, 0.15) is 62.3 Å². The van der Waals surface area contributed by atoms with Gasteiger partial charge in [-0.3, -0.25) is 19.2 Å². The molecule has 11 atom stereocenters. The molecule has 2 fully saturated rings. The Hall–Kier alpha value is -3.66. The maximum Gasteiger partial charge on any atom is 0.369 e. The molecule has 2 saturated heterocycles. The van der Waals surface area contributed by atoms with Gasteiger partial charge in [-0.15, -0.1) is 0 Å². The van der Waals surface area contributed by atoms with E-state index in [2.05, 4.69) is 0 Å². The number of hydrogen-bond acceptors (Lipinski definition) is 15. The quantitative estimate of drug-likeness (QED) is 0.232. The Labute approximate surface area is 279 Å². The summed E-state index contributed by atoms with van der Waals surface area (Å²) in [5, 5.41) is 0. The van der Waals surface area contributed by atoms with Crippen LogP contribution in [-0.2, 0) is 57.1 Å². The first-order valence-electron chi connectivity index (χ1n) is 16.0. The topological polar surface area (TPSA) is 170 Å². The van der Waals surface area contributed by atoms with Gasteiger partial charge in [0.05, 0.1) is 18.8 Å². The lowest BCUT2D eigenvalue weighted by atomic mass is 9.83. The number of esters is 4. The van der Waals surface area contributed by atoms with E-state index in [-0.39, 0.29) is 36.5 Å². The number of rotatable bonds is 12. The van der Waals surface area contributed by atoms with Gasteiger partial charge in [0.2, 0.25) is 12.0 Å². The van der Waals surface area contributed by atoms with E-state index in [4.69, 9.17) is 52.1 Å². The summed E-state index contributed by atoms with van der Waals surface area (Å²) >= 11 is 0. The van der Waals surface area contributed by atoms with Crippen LogP contribution in [0.5, 0.6) is 17.2 Å². The maximum atomic E-state index is 12.4. The van der Waals surface area contributed by atoms with E-state index in [0.717, 1.165) is 0 Å². The van der Waals surface area contributed by atoms with E-state index in [1.54, 1.807) is 39.0 Å². The van der Waals surface area contributed by atoms with Crippen molar-refractivity contribution in [1.82, 2.24) is 0 Å². The minimum Gasteiger partial charge on any atom is -0.463 e. The van der Waals surface area contributed by atoms with E-state index in [1.807, 2.05) is 13.8 Å². The molecule has 0 aromatic heterocycles.